The van der Waals surface area contributed by atoms with Crippen molar-refractivity contribution in [3.05, 3.63) is 36.0 Å². The zero-order chi connectivity index (χ0) is 9.56. The predicted octanol–water partition coefficient (Wildman–Crippen LogP) is 1.81. The third kappa shape index (κ3) is 3.19. The van der Waals surface area contributed by atoms with Crippen molar-refractivity contribution in [2.45, 2.75) is 13.8 Å². The van der Waals surface area contributed by atoms with Crippen LogP contribution >= 0.6 is 0 Å². The minimum Gasteiger partial charge on any atom is -0.355 e. The molecule has 0 spiro atoms. The first-order chi connectivity index (χ1) is 5.65. The summed E-state index contributed by atoms with van der Waals surface area (Å²) < 4.78 is 0. The van der Waals surface area contributed by atoms with Gasteiger partial charge < -0.3 is 5.32 Å². The molecule has 0 aromatic rings. The second-order valence-corrected chi connectivity index (χ2v) is 2.42. The van der Waals surface area contributed by atoms with Gasteiger partial charge in [0, 0.05) is 12.6 Å². The standard InChI is InChI=1S/C10H15NO/c1-5-8(3)7-9(6-2)10(12)11-4/h5-7H,1H2,2-4H3,(H,11,12)/b8-7-,9-6+. The zero-order valence-electron chi connectivity index (χ0n) is 7.85. The summed E-state index contributed by atoms with van der Waals surface area (Å²) in [6, 6.07) is 0. The van der Waals surface area contributed by atoms with Gasteiger partial charge in [0.25, 0.3) is 5.91 Å². The van der Waals surface area contributed by atoms with Crippen LogP contribution in [0.1, 0.15) is 13.8 Å². The van der Waals surface area contributed by atoms with Crippen LogP contribution in [0.5, 0.6) is 0 Å². The summed E-state index contributed by atoms with van der Waals surface area (Å²) in [6.45, 7) is 7.34. The van der Waals surface area contributed by atoms with Crippen molar-refractivity contribution in [1.82, 2.24) is 5.32 Å². The minimum atomic E-state index is -0.0706. The summed E-state index contributed by atoms with van der Waals surface area (Å²) in [5.74, 6) is -0.0706. The zero-order valence-corrected chi connectivity index (χ0v) is 7.85. The maximum absolute atomic E-state index is 11.1. The smallest absolute Gasteiger partial charge is 0.250 e. The molecule has 0 radical (unpaired) electrons. The molecule has 0 fully saturated rings. The second-order valence-electron chi connectivity index (χ2n) is 2.42. The van der Waals surface area contributed by atoms with Crippen LogP contribution in [0.15, 0.2) is 36.0 Å². The molecule has 0 aliphatic rings. The van der Waals surface area contributed by atoms with Crippen LogP contribution in [0.4, 0.5) is 0 Å². The number of carbonyl (C=O) groups is 1. The van der Waals surface area contributed by atoms with Gasteiger partial charge >= 0.3 is 0 Å². The number of hydrogen-bond acceptors (Lipinski definition) is 1. The van der Waals surface area contributed by atoms with E-state index >= 15 is 0 Å². The Morgan fingerprint density at radius 1 is 1.50 bits per heavy atom. The Bertz CT molecular complexity index is 236. The third-order valence-corrected chi connectivity index (χ3v) is 1.51. The van der Waals surface area contributed by atoms with Crippen molar-refractivity contribution in [1.29, 1.82) is 0 Å². The lowest BCUT2D eigenvalue weighted by Crippen LogP contribution is -2.19. The maximum Gasteiger partial charge on any atom is 0.250 e. The molecule has 0 aromatic heterocycles. The van der Waals surface area contributed by atoms with E-state index in [0.29, 0.717) is 5.57 Å². The molecule has 1 N–H and O–H groups in total. The van der Waals surface area contributed by atoms with Crippen LogP contribution < -0.4 is 5.32 Å². The number of hydrogen-bond donors (Lipinski definition) is 1. The number of amides is 1. The van der Waals surface area contributed by atoms with Gasteiger partial charge in [-0.1, -0.05) is 24.3 Å². The highest BCUT2D eigenvalue weighted by atomic mass is 16.1. The van der Waals surface area contributed by atoms with Gasteiger partial charge in [-0.15, -0.1) is 0 Å². The number of rotatable bonds is 3. The number of nitrogens with one attached hydrogen (secondary N) is 1. The lowest BCUT2D eigenvalue weighted by atomic mass is 10.1. The molecule has 0 aliphatic carbocycles. The number of allylic oxidation sites excluding steroid dienone is 3. The highest BCUT2D eigenvalue weighted by Crippen LogP contribution is 2.02. The highest BCUT2D eigenvalue weighted by molar-refractivity contribution is 5.96. The molecule has 0 saturated heterocycles. The summed E-state index contributed by atoms with van der Waals surface area (Å²) in [4.78, 5) is 11.1. The summed E-state index contributed by atoms with van der Waals surface area (Å²) in [5.41, 5.74) is 1.64. The van der Waals surface area contributed by atoms with Gasteiger partial charge in [-0.25, -0.2) is 0 Å². The summed E-state index contributed by atoms with van der Waals surface area (Å²) in [5, 5.41) is 2.56. The van der Waals surface area contributed by atoms with Gasteiger partial charge in [0.05, 0.1) is 0 Å². The molecule has 0 saturated carbocycles. The van der Waals surface area contributed by atoms with Crippen molar-refractivity contribution in [3.63, 3.8) is 0 Å². The molecule has 0 bridgehead atoms. The maximum atomic E-state index is 11.1. The van der Waals surface area contributed by atoms with Crippen molar-refractivity contribution in [2.24, 2.45) is 0 Å². The Morgan fingerprint density at radius 2 is 2.08 bits per heavy atom. The topological polar surface area (TPSA) is 29.1 Å². The van der Waals surface area contributed by atoms with Gasteiger partial charge in [-0.2, -0.15) is 0 Å². The van der Waals surface area contributed by atoms with Crippen LogP contribution in [0.3, 0.4) is 0 Å². The molecule has 0 rings (SSSR count). The van der Waals surface area contributed by atoms with Gasteiger partial charge in [-0.05, 0) is 19.9 Å². The Labute approximate surface area is 73.7 Å². The van der Waals surface area contributed by atoms with Crippen molar-refractivity contribution < 1.29 is 4.79 Å². The highest BCUT2D eigenvalue weighted by Gasteiger charge is 2.01. The Balaban J connectivity index is 4.61. The van der Waals surface area contributed by atoms with E-state index in [2.05, 4.69) is 11.9 Å². The first kappa shape index (κ1) is 10.7. The summed E-state index contributed by atoms with van der Waals surface area (Å²) in [6.07, 6.45) is 5.28. The fourth-order valence-electron chi connectivity index (χ4n) is 0.729. The van der Waals surface area contributed by atoms with Gasteiger partial charge in [0.1, 0.15) is 0 Å². The first-order valence-electron chi connectivity index (χ1n) is 3.84. The first-order valence-corrected chi connectivity index (χ1v) is 3.84. The normalized spacial score (nSPS) is 12.6. The largest absolute Gasteiger partial charge is 0.355 e. The van der Waals surface area contributed by atoms with E-state index in [9.17, 15) is 4.79 Å². The second kappa shape index (κ2) is 5.35. The van der Waals surface area contributed by atoms with E-state index in [1.165, 1.54) is 0 Å². The number of carbonyl (C=O) groups excluding carboxylic acids is 1. The molecule has 1 amide bonds. The van der Waals surface area contributed by atoms with Crippen LogP contribution in [-0.4, -0.2) is 13.0 Å². The molecular formula is C10H15NO. The number of likely N-dealkylation sites (N-methyl/N-ethyl adjacent to an activating group) is 1. The fourth-order valence-corrected chi connectivity index (χ4v) is 0.729. The molecule has 2 heteroatoms. The lowest BCUT2D eigenvalue weighted by molar-refractivity contribution is -0.116. The Kier molecular flexibility index (Phi) is 4.77. The van der Waals surface area contributed by atoms with Crippen LogP contribution in [0, 0.1) is 0 Å². The average Bonchev–Trinajstić information content (AvgIpc) is 2.12. The van der Waals surface area contributed by atoms with E-state index in [4.69, 9.17) is 0 Å². The molecule has 2 nitrogen and oxygen atoms in total. The van der Waals surface area contributed by atoms with Crippen LogP contribution in [0.2, 0.25) is 0 Å². The summed E-state index contributed by atoms with van der Waals surface area (Å²) in [7, 11) is 1.61. The molecule has 0 atom stereocenters. The molecular weight excluding hydrogens is 150 g/mol. The Morgan fingerprint density at radius 3 is 2.42 bits per heavy atom. The monoisotopic (exact) mass is 165 g/mol. The van der Waals surface area contributed by atoms with E-state index in [0.717, 1.165) is 5.57 Å². The van der Waals surface area contributed by atoms with Gasteiger partial charge in [0.15, 0.2) is 0 Å². The summed E-state index contributed by atoms with van der Waals surface area (Å²) >= 11 is 0. The lowest BCUT2D eigenvalue weighted by Gasteiger charge is -1.99. The quantitative estimate of drug-likeness (QED) is 0.501. The van der Waals surface area contributed by atoms with Crippen LogP contribution in [-0.2, 0) is 4.79 Å². The molecule has 0 heterocycles. The van der Waals surface area contributed by atoms with Crippen LogP contribution in [0.25, 0.3) is 0 Å². The SMILES string of the molecule is C=C/C(C)=C\C(=C/C)C(=O)NC. The van der Waals surface area contributed by atoms with Crippen molar-refractivity contribution >= 4 is 5.91 Å². The van der Waals surface area contributed by atoms with E-state index in [1.54, 1.807) is 25.3 Å². The predicted molar refractivity (Wildman–Crippen MR) is 51.8 cm³/mol. The molecule has 0 aromatic carbocycles. The van der Waals surface area contributed by atoms with E-state index in [1.807, 2.05) is 13.8 Å². The fraction of sp³-hybridized carbons (Fsp3) is 0.300. The molecule has 12 heavy (non-hydrogen) atoms. The average molecular weight is 165 g/mol. The van der Waals surface area contributed by atoms with Crippen molar-refractivity contribution in [2.75, 3.05) is 7.05 Å². The molecule has 0 unspecified atom stereocenters. The van der Waals surface area contributed by atoms with E-state index in [-0.39, 0.29) is 5.91 Å². The molecule has 0 aliphatic heterocycles. The van der Waals surface area contributed by atoms with Crippen molar-refractivity contribution in [3.8, 4) is 0 Å². The molecule has 66 valence electrons. The van der Waals surface area contributed by atoms with Gasteiger partial charge in [0.2, 0.25) is 0 Å². The Hall–Kier alpha value is -1.31. The van der Waals surface area contributed by atoms with Gasteiger partial charge in [-0.3, -0.25) is 4.79 Å². The van der Waals surface area contributed by atoms with E-state index < -0.39 is 0 Å². The minimum absolute atomic E-state index is 0.0706. The third-order valence-electron chi connectivity index (χ3n) is 1.51.